The van der Waals surface area contributed by atoms with Crippen LogP contribution in [-0.2, 0) is 9.53 Å². The maximum Gasteiger partial charge on any atom is 0.259 e. The molecule has 2 aromatic rings. The number of pyridine rings is 1. The Kier molecular flexibility index (Phi) is 9.49. The molecule has 0 unspecified atom stereocenters. The molecule has 2 amide bonds. The van der Waals surface area contributed by atoms with E-state index in [1.807, 2.05) is 56.3 Å². The van der Waals surface area contributed by atoms with Gasteiger partial charge in [0.2, 0.25) is 11.8 Å². The van der Waals surface area contributed by atoms with Crippen molar-refractivity contribution in [3.8, 4) is 5.88 Å². The predicted molar refractivity (Wildman–Crippen MR) is 146 cm³/mol. The van der Waals surface area contributed by atoms with Gasteiger partial charge in [-0.1, -0.05) is 49.4 Å². The molecule has 0 bridgehead atoms. The smallest absolute Gasteiger partial charge is 0.259 e. The van der Waals surface area contributed by atoms with Gasteiger partial charge >= 0.3 is 0 Å². The Morgan fingerprint density at radius 3 is 2.63 bits per heavy atom. The van der Waals surface area contributed by atoms with Crippen molar-refractivity contribution >= 4 is 24.0 Å². The number of morpholine rings is 1. The second kappa shape index (κ2) is 13.0. The number of ether oxygens (including phenoxy) is 2. The van der Waals surface area contributed by atoms with Crippen LogP contribution in [-0.4, -0.2) is 108 Å². The zero-order valence-corrected chi connectivity index (χ0v) is 22.5. The van der Waals surface area contributed by atoms with Crippen molar-refractivity contribution in [1.29, 1.82) is 0 Å². The number of aromatic nitrogens is 1. The van der Waals surface area contributed by atoms with Crippen LogP contribution < -0.4 is 4.74 Å². The summed E-state index contributed by atoms with van der Waals surface area (Å²) in [6.07, 6.45) is 5.17. The van der Waals surface area contributed by atoms with E-state index in [0.29, 0.717) is 38.4 Å². The average molecular weight is 523 g/mol. The van der Waals surface area contributed by atoms with E-state index in [2.05, 4.69) is 9.88 Å². The Bertz CT molecular complexity index is 1120. The van der Waals surface area contributed by atoms with Crippen LogP contribution in [0.5, 0.6) is 5.88 Å². The minimum absolute atomic E-state index is 0.0102. The number of carbonyl (C=O) groups is 2. The molecular weight excluding hydrogens is 484 g/mol. The number of hydrogen-bond donors (Lipinski definition) is 1. The van der Waals surface area contributed by atoms with Crippen molar-refractivity contribution in [2.75, 3.05) is 59.6 Å². The van der Waals surface area contributed by atoms with Gasteiger partial charge in [0.1, 0.15) is 11.7 Å². The van der Waals surface area contributed by atoms with E-state index in [4.69, 9.17) is 9.47 Å². The quantitative estimate of drug-likeness (QED) is 0.568. The topological polar surface area (TPSA) is 95.4 Å². The standard InChI is InChI=1S/C29H38N4O5/c1-21-17-33(22(2)20-34)29(36)25-15-24(10-9-23-7-5-4-6-8-23)16-30-28(25)38-26(21)18-31(3)27(35)19-32-11-13-37-14-12-32/h4-10,15-16,21-22,26,34H,11-14,17-20H2,1-3H3/t21-,22-,26-/m0/s1. The van der Waals surface area contributed by atoms with Gasteiger partial charge in [0.05, 0.1) is 39.0 Å². The summed E-state index contributed by atoms with van der Waals surface area (Å²) in [5.41, 5.74) is 2.15. The lowest BCUT2D eigenvalue weighted by Crippen LogP contribution is -2.51. The molecule has 1 aromatic carbocycles. The number of benzene rings is 1. The van der Waals surface area contributed by atoms with Crippen molar-refractivity contribution in [2.24, 2.45) is 5.92 Å². The summed E-state index contributed by atoms with van der Waals surface area (Å²) in [6.45, 7) is 7.50. The maximum atomic E-state index is 13.6. The lowest BCUT2D eigenvalue weighted by atomic mass is 9.99. The first-order valence-corrected chi connectivity index (χ1v) is 13.2. The summed E-state index contributed by atoms with van der Waals surface area (Å²) in [5.74, 6) is -0.0752. The van der Waals surface area contributed by atoms with E-state index >= 15 is 0 Å². The van der Waals surface area contributed by atoms with Gasteiger partial charge in [-0.15, -0.1) is 0 Å². The first kappa shape index (κ1) is 27.8. The lowest BCUT2D eigenvalue weighted by molar-refractivity contribution is -0.133. The molecule has 1 fully saturated rings. The summed E-state index contributed by atoms with van der Waals surface area (Å²) in [6, 6.07) is 11.3. The molecule has 0 radical (unpaired) electrons. The number of fused-ring (bicyclic) bond motifs is 1. The fourth-order valence-corrected chi connectivity index (χ4v) is 4.63. The molecular formula is C29H38N4O5. The zero-order chi connectivity index (χ0) is 27.1. The van der Waals surface area contributed by atoms with Gasteiger partial charge in [0.25, 0.3) is 5.91 Å². The third kappa shape index (κ3) is 6.98. The summed E-state index contributed by atoms with van der Waals surface area (Å²) in [4.78, 5) is 36.6. The van der Waals surface area contributed by atoms with Crippen molar-refractivity contribution in [3.63, 3.8) is 0 Å². The maximum absolute atomic E-state index is 13.6. The van der Waals surface area contributed by atoms with Crippen LogP contribution in [0.25, 0.3) is 12.2 Å². The minimum atomic E-state index is -0.382. The van der Waals surface area contributed by atoms with E-state index in [0.717, 1.165) is 24.2 Å². The number of carbonyl (C=O) groups excluding carboxylic acids is 2. The van der Waals surface area contributed by atoms with Crippen LogP contribution in [0.4, 0.5) is 0 Å². The van der Waals surface area contributed by atoms with Crippen molar-refractivity contribution in [2.45, 2.75) is 26.0 Å². The van der Waals surface area contributed by atoms with Gasteiger partial charge in [-0.05, 0) is 24.1 Å². The second-order valence-corrected chi connectivity index (χ2v) is 10.2. The molecule has 2 aliphatic rings. The van der Waals surface area contributed by atoms with E-state index in [1.54, 1.807) is 29.1 Å². The molecule has 3 heterocycles. The molecule has 204 valence electrons. The largest absolute Gasteiger partial charge is 0.472 e. The van der Waals surface area contributed by atoms with E-state index in [-0.39, 0.29) is 42.4 Å². The highest BCUT2D eigenvalue weighted by Crippen LogP contribution is 2.28. The van der Waals surface area contributed by atoms with Gasteiger partial charge < -0.3 is 24.4 Å². The molecule has 1 aromatic heterocycles. The average Bonchev–Trinajstić information content (AvgIpc) is 2.94. The summed E-state index contributed by atoms with van der Waals surface area (Å²) in [7, 11) is 1.78. The van der Waals surface area contributed by atoms with Crippen LogP contribution in [0.15, 0.2) is 42.6 Å². The Morgan fingerprint density at radius 1 is 1.21 bits per heavy atom. The van der Waals surface area contributed by atoms with Gasteiger partial charge in [-0.25, -0.2) is 4.98 Å². The number of aliphatic hydroxyl groups excluding tert-OH is 1. The van der Waals surface area contributed by atoms with Crippen molar-refractivity contribution in [3.05, 3.63) is 59.3 Å². The van der Waals surface area contributed by atoms with Gasteiger partial charge in [-0.2, -0.15) is 0 Å². The SMILES string of the molecule is C[C@H]1CN([C@@H](C)CO)C(=O)c2cc(C=Cc3ccccc3)cnc2O[C@H]1CN(C)C(=O)CN1CCOCC1. The Morgan fingerprint density at radius 2 is 1.92 bits per heavy atom. The molecule has 2 aliphatic heterocycles. The van der Waals surface area contributed by atoms with E-state index in [9.17, 15) is 14.7 Å². The molecule has 0 spiro atoms. The fourth-order valence-electron chi connectivity index (χ4n) is 4.63. The summed E-state index contributed by atoms with van der Waals surface area (Å²) < 4.78 is 11.7. The Hall–Kier alpha value is -3.27. The van der Waals surface area contributed by atoms with Crippen molar-refractivity contribution in [1.82, 2.24) is 19.7 Å². The number of hydrogen-bond acceptors (Lipinski definition) is 7. The summed E-state index contributed by atoms with van der Waals surface area (Å²) >= 11 is 0. The first-order valence-electron chi connectivity index (χ1n) is 13.2. The molecule has 0 aliphatic carbocycles. The summed E-state index contributed by atoms with van der Waals surface area (Å²) in [5, 5.41) is 9.89. The van der Waals surface area contributed by atoms with Crippen LogP contribution in [0.3, 0.4) is 0 Å². The van der Waals surface area contributed by atoms with Crippen LogP contribution in [0, 0.1) is 5.92 Å². The number of likely N-dealkylation sites (N-methyl/N-ethyl adjacent to an activating group) is 1. The van der Waals surface area contributed by atoms with Gasteiger partial charge in [0.15, 0.2) is 0 Å². The Balaban J connectivity index is 1.56. The molecule has 9 nitrogen and oxygen atoms in total. The third-order valence-electron chi connectivity index (χ3n) is 7.15. The van der Waals surface area contributed by atoms with E-state index < -0.39 is 0 Å². The number of amides is 2. The molecule has 9 heteroatoms. The minimum Gasteiger partial charge on any atom is -0.472 e. The second-order valence-electron chi connectivity index (χ2n) is 10.2. The number of nitrogens with zero attached hydrogens (tertiary/aromatic N) is 4. The van der Waals surface area contributed by atoms with Crippen LogP contribution >= 0.6 is 0 Å². The van der Waals surface area contributed by atoms with Crippen molar-refractivity contribution < 1.29 is 24.2 Å². The first-order chi connectivity index (χ1) is 18.4. The number of aliphatic hydroxyl groups is 1. The van der Waals surface area contributed by atoms with Crippen LogP contribution in [0.1, 0.15) is 35.3 Å². The third-order valence-corrected chi connectivity index (χ3v) is 7.15. The molecule has 1 saturated heterocycles. The highest BCUT2D eigenvalue weighted by Gasteiger charge is 2.34. The zero-order valence-electron chi connectivity index (χ0n) is 22.5. The van der Waals surface area contributed by atoms with Gasteiger partial charge in [0, 0.05) is 38.8 Å². The molecule has 1 N–H and O–H groups in total. The highest BCUT2D eigenvalue weighted by atomic mass is 16.5. The highest BCUT2D eigenvalue weighted by molar-refractivity contribution is 5.97. The lowest BCUT2D eigenvalue weighted by Gasteiger charge is -2.38. The molecule has 0 saturated carbocycles. The van der Waals surface area contributed by atoms with Gasteiger partial charge in [-0.3, -0.25) is 14.5 Å². The van der Waals surface area contributed by atoms with Crippen LogP contribution in [0.2, 0.25) is 0 Å². The number of rotatable bonds is 8. The molecule has 3 atom stereocenters. The Labute approximate surface area is 224 Å². The molecule has 4 rings (SSSR count). The normalized spacial score (nSPS) is 21.4. The predicted octanol–water partition coefficient (Wildman–Crippen LogP) is 2.26. The monoisotopic (exact) mass is 522 g/mol. The fraction of sp³-hybridized carbons (Fsp3) is 0.483. The van der Waals surface area contributed by atoms with E-state index in [1.165, 1.54) is 0 Å². The molecule has 38 heavy (non-hydrogen) atoms.